The first-order valence-corrected chi connectivity index (χ1v) is 5.25. The Hall–Kier alpha value is -1.59. The first-order chi connectivity index (χ1) is 7.63. The molecule has 0 aliphatic heterocycles. The number of nitrogens with two attached hydrogens (primary N) is 1. The average molecular weight is 237 g/mol. The zero-order valence-corrected chi connectivity index (χ0v) is 9.68. The standard InChI is InChI=1S/C11H15N3OS/c1-8(12)9-2-4-10(5-3-9)14-11(16)13-6-7-15/h2-5,15H,1,6-7,12H2,(H2,13,14,16). The van der Waals surface area contributed by atoms with Gasteiger partial charge in [-0.2, -0.15) is 0 Å². The Morgan fingerprint density at radius 2 is 2.00 bits per heavy atom. The summed E-state index contributed by atoms with van der Waals surface area (Å²) in [6.07, 6.45) is 0. The second-order valence-electron chi connectivity index (χ2n) is 3.21. The molecule has 16 heavy (non-hydrogen) atoms. The normalized spacial score (nSPS) is 9.56. The lowest BCUT2D eigenvalue weighted by Gasteiger charge is -2.09. The molecule has 0 saturated carbocycles. The number of hydrogen-bond donors (Lipinski definition) is 4. The van der Waals surface area contributed by atoms with Crippen LogP contribution in [0, 0.1) is 0 Å². The fourth-order valence-corrected chi connectivity index (χ4v) is 1.33. The van der Waals surface area contributed by atoms with Gasteiger partial charge in [-0.05, 0) is 29.9 Å². The smallest absolute Gasteiger partial charge is 0.170 e. The van der Waals surface area contributed by atoms with E-state index in [0.29, 0.717) is 17.4 Å². The Kier molecular flexibility index (Phi) is 4.75. The maximum Gasteiger partial charge on any atom is 0.170 e. The van der Waals surface area contributed by atoms with Gasteiger partial charge in [-0.1, -0.05) is 18.7 Å². The molecule has 0 aliphatic carbocycles. The van der Waals surface area contributed by atoms with Crippen molar-refractivity contribution < 1.29 is 5.11 Å². The molecule has 86 valence electrons. The third kappa shape index (κ3) is 3.88. The van der Waals surface area contributed by atoms with Crippen LogP contribution >= 0.6 is 12.2 Å². The molecule has 5 N–H and O–H groups in total. The van der Waals surface area contributed by atoms with E-state index in [4.69, 9.17) is 23.1 Å². The van der Waals surface area contributed by atoms with E-state index in [2.05, 4.69) is 17.2 Å². The van der Waals surface area contributed by atoms with Crippen LogP contribution in [0.15, 0.2) is 30.8 Å². The molecule has 0 atom stereocenters. The minimum Gasteiger partial charge on any atom is -0.399 e. The maximum absolute atomic E-state index is 8.61. The summed E-state index contributed by atoms with van der Waals surface area (Å²) in [7, 11) is 0. The van der Waals surface area contributed by atoms with Crippen LogP contribution in [0.4, 0.5) is 5.69 Å². The van der Waals surface area contributed by atoms with Gasteiger partial charge >= 0.3 is 0 Å². The highest BCUT2D eigenvalue weighted by atomic mass is 32.1. The van der Waals surface area contributed by atoms with E-state index < -0.39 is 0 Å². The lowest BCUT2D eigenvalue weighted by Crippen LogP contribution is -2.30. The predicted molar refractivity (Wildman–Crippen MR) is 71.0 cm³/mol. The van der Waals surface area contributed by atoms with Gasteiger partial charge in [0.1, 0.15) is 0 Å². The quantitative estimate of drug-likeness (QED) is 0.586. The molecule has 0 fully saturated rings. The van der Waals surface area contributed by atoms with Crippen molar-refractivity contribution in [1.82, 2.24) is 5.32 Å². The van der Waals surface area contributed by atoms with Crippen molar-refractivity contribution in [3.63, 3.8) is 0 Å². The molecule has 0 aromatic heterocycles. The van der Waals surface area contributed by atoms with Crippen molar-refractivity contribution >= 4 is 28.7 Å². The van der Waals surface area contributed by atoms with Crippen molar-refractivity contribution in [2.45, 2.75) is 0 Å². The summed E-state index contributed by atoms with van der Waals surface area (Å²) in [6, 6.07) is 7.44. The molecule has 0 amide bonds. The van der Waals surface area contributed by atoms with Gasteiger partial charge in [-0.15, -0.1) is 0 Å². The van der Waals surface area contributed by atoms with Crippen LogP contribution in [0.5, 0.6) is 0 Å². The highest BCUT2D eigenvalue weighted by molar-refractivity contribution is 7.80. The lowest BCUT2D eigenvalue weighted by atomic mass is 10.1. The summed E-state index contributed by atoms with van der Waals surface area (Å²) in [4.78, 5) is 0. The zero-order valence-electron chi connectivity index (χ0n) is 8.86. The topological polar surface area (TPSA) is 70.3 Å². The van der Waals surface area contributed by atoms with Gasteiger partial charge in [0.25, 0.3) is 0 Å². The molecule has 1 rings (SSSR count). The van der Waals surface area contributed by atoms with Crippen LogP contribution in [-0.4, -0.2) is 23.4 Å². The van der Waals surface area contributed by atoms with Crippen molar-refractivity contribution in [2.75, 3.05) is 18.5 Å². The zero-order chi connectivity index (χ0) is 12.0. The van der Waals surface area contributed by atoms with Crippen LogP contribution in [0.1, 0.15) is 5.56 Å². The Bertz CT molecular complexity index is 375. The second kappa shape index (κ2) is 6.09. The van der Waals surface area contributed by atoms with E-state index in [-0.39, 0.29) is 6.61 Å². The summed E-state index contributed by atoms with van der Waals surface area (Å²) in [5.74, 6) is 0. The van der Waals surface area contributed by atoms with Gasteiger partial charge in [0.2, 0.25) is 0 Å². The third-order valence-corrected chi connectivity index (χ3v) is 2.16. The van der Waals surface area contributed by atoms with Crippen molar-refractivity contribution in [2.24, 2.45) is 5.73 Å². The van der Waals surface area contributed by atoms with E-state index in [0.717, 1.165) is 11.3 Å². The van der Waals surface area contributed by atoms with Crippen molar-refractivity contribution in [1.29, 1.82) is 0 Å². The highest BCUT2D eigenvalue weighted by Gasteiger charge is 1.97. The summed E-state index contributed by atoms with van der Waals surface area (Å²) in [6.45, 7) is 4.13. The summed E-state index contributed by atoms with van der Waals surface area (Å²) < 4.78 is 0. The van der Waals surface area contributed by atoms with E-state index in [9.17, 15) is 0 Å². The molecule has 0 spiro atoms. The molecule has 0 radical (unpaired) electrons. The number of aliphatic hydroxyl groups excluding tert-OH is 1. The number of nitrogens with one attached hydrogen (secondary N) is 2. The van der Waals surface area contributed by atoms with Crippen molar-refractivity contribution in [3.8, 4) is 0 Å². The number of thiocarbonyl (C=S) groups is 1. The molecule has 1 aromatic rings. The van der Waals surface area contributed by atoms with E-state index >= 15 is 0 Å². The SMILES string of the molecule is C=C(N)c1ccc(NC(=S)NCCO)cc1. The highest BCUT2D eigenvalue weighted by Crippen LogP contribution is 2.12. The number of benzene rings is 1. The molecular weight excluding hydrogens is 222 g/mol. The fraction of sp³-hybridized carbons (Fsp3) is 0.182. The van der Waals surface area contributed by atoms with Crippen LogP contribution < -0.4 is 16.4 Å². The van der Waals surface area contributed by atoms with Gasteiger partial charge in [-0.3, -0.25) is 0 Å². The number of rotatable bonds is 4. The van der Waals surface area contributed by atoms with Crippen LogP contribution in [0.2, 0.25) is 0 Å². The van der Waals surface area contributed by atoms with Crippen LogP contribution in [0.3, 0.4) is 0 Å². The van der Waals surface area contributed by atoms with E-state index in [1.54, 1.807) is 0 Å². The van der Waals surface area contributed by atoms with Crippen LogP contribution in [-0.2, 0) is 0 Å². The average Bonchev–Trinajstić information content (AvgIpc) is 2.27. The van der Waals surface area contributed by atoms with Gasteiger partial charge in [0.05, 0.1) is 6.61 Å². The Labute approximate surface area is 100 Å². The van der Waals surface area contributed by atoms with Crippen molar-refractivity contribution in [3.05, 3.63) is 36.4 Å². The summed E-state index contributed by atoms with van der Waals surface area (Å²) in [5, 5.41) is 14.9. The molecule has 0 unspecified atom stereocenters. The minimum absolute atomic E-state index is 0.0494. The first kappa shape index (κ1) is 12.5. The minimum atomic E-state index is 0.0494. The molecular formula is C11H15N3OS. The molecule has 0 heterocycles. The monoisotopic (exact) mass is 237 g/mol. The molecule has 0 aliphatic rings. The fourth-order valence-electron chi connectivity index (χ4n) is 1.11. The summed E-state index contributed by atoms with van der Waals surface area (Å²) >= 11 is 5.01. The molecule has 5 heteroatoms. The van der Waals surface area contributed by atoms with E-state index in [1.165, 1.54) is 0 Å². The lowest BCUT2D eigenvalue weighted by molar-refractivity contribution is 0.301. The van der Waals surface area contributed by atoms with Gasteiger partial charge < -0.3 is 21.5 Å². The third-order valence-electron chi connectivity index (χ3n) is 1.91. The largest absolute Gasteiger partial charge is 0.399 e. The van der Waals surface area contributed by atoms with Gasteiger partial charge in [-0.25, -0.2) is 0 Å². The Morgan fingerprint density at radius 1 is 1.38 bits per heavy atom. The van der Waals surface area contributed by atoms with Gasteiger partial charge in [0, 0.05) is 17.9 Å². The molecule has 1 aromatic carbocycles. The van der Waals surface area contributed by atoms with Crippen LogP contribution in [0.25, 0.3) is 5.70 Å². The first-order valence-electron chi connectivity index (χ1n) is 4.84. The van der Waals surface area contributed by atoms with E-state index in [1.807, 2.05) is 24.3 Å². The second-order valence-corrected chi connectivity index (χ2v) is 3.62. The Balaban J connectivity index is 2.55. The number of anilines is 1. The molecule has 0 saturated heterocycles. The number of hydrogen-bond acceptors (Lipinski definition) is 3. The molecule has 0 bridgehead atoms. The van der Waals surface area contributed by atoms with Gasteiger partial charge in [0.15, 0.2) is 5.11 Å². The molecule has 4 nitrogen and oxygen atoms in total. The maximum atomic E-state index is 8.61. The number of aliphatic hydroxyl groups is 1. The predicted octanol–water partition coefficient (Wildman–Crippen LogP) is 0.895. The summed E-state index contributed by atoms with van der Waals surface area (Å²) in [5.41, 5.74) is 7.83. The Morgan fingerprint density at radius 3 is 2.50 bits per heavy atom.